The van der Waals surface area contributed by atoms with Crippen LogP contribution in [-0.4, -0.2) is 22.4 Å². The fourth-order valence-electron chi connectivity index (χ4n) is 2.71. The molecular formula is C13H23N3. The lowest BCUT2D eigenvalue weighted by molar-refractivity contribution is 0.354. The third kappa shape index (κ3) is 3.08. The molecule has 90 valence electrons. The van der Waals surface area contributed by atoms with Crippen LogP contribution in [0.4, 0.5) is 0 Å². The molecule has 1 saturated carbocycles. The molecule has 1 N–H and O–H groups in total. The highest BCUT2D eigenvalue weighted by Gasteiger charge is 2.25. The predicted octanol–water partition coefficient (Wildman–Crippen LogP) is 2.44. The van der Waals surface area contributed by atoms with Crippen molar-refractivity contribution in [2.45, 2.75) is 51.6 Å². The van der Waals surface area contributed by atoms with E-state index in [1.54, 1.807) is 0 Å². The third-order valence-corrected chi connectivity index (χ3v) is 3.60. The number of aromatic nitrogens is 2. The molecule has 2 atom stereocenters. The molecule has 3 nitrogen and oxygen atoms in total. The van der Waals surface area contributed by atoms with Crippen LogP contribution in [0.1, 0.15) is 39.0 Å². The first kappa shape index (κ1) is 11.6. The first-order valence-corrected chi connectivity index (χ1v) is 6.61. The van der Waals surface area contributed by atoms with Gasteiger partial charge in [-0.2, -0.15) is 5.10 Å². The van der Waals surface area contributed by atoms with Crippen molar-refractivity contribution in [2.75, 3.05) is 6.54 Å². The van der Waals surface area contributed by atoms with E-state index in [2.05, 4.69) is 28.2 Å². The summed E-state index contributed by atoms with van der Waals surface area (Å²) in [6.45, 7) is 4.48. The maximum absolute atomic E-state index is 4.26. The van der Waals surface area contributed by atoms with Crippen LogP contribution >= 0.6 is 0 Å². The Kier molecular flexibility index (Phi) is 4.40. The molecule has 1 aromatic heterocycles. The topological polar surface area (TPSA) is 29.9 Å². The lowest BCUT2D eigenvalue weighted by Crippen LogP contribution is -2.33. The van der Waals surface area contributed by atoms with Crippen molar-refractivity contribution in [3.8, 4) is 0 Å². The highest BCUT2D eigenvalue weighted by molar-refractivity contribution is 4.84. The summed E-state index contributed by atoms with van der Waals surface area (Å²) in [5, 5.41) is 7.94. The van der Waals surface area contributed by atoms with Crippen molar-refractivity contribution < 1.29 is 0 Å². The van der Waals surface area contributed by atoms with Gasteiger partial charge in [0.25, 0.3) is 0 Å². The third-order valence-electron chi connectivity index (χ3n) is 3.60. The standard InChI is InChI=1S/C13H23N3/c1-2-8-14-13-6-3-5-12(13)7-11-16-10-4-9-15-16/h4,9-10,12-14H,2-3,5-8,11H2,1H3. The molecule has 1 aliphatic carbocycles. The number of hydrogen-bond acceptors (Lipinski definition) is 2. The van der Waals surface area contributed by atoms with Gasteiger partial charge in [-0.1, -0.05) is 13.3 Å². The zero-order valence-corrected chi connectivity index (χ0v) is 10.2. The molecule has 0 spiro atoms. The summed E-state index contributed by atoms with van der Waals surface area (Å²) in [4.78, 5) is 0. The van der Waals surface area contributed by atoms with Gasteiger partial charge >= 0.3 is 0 Å². The van der Waals surface area contributed by atoms with Crippen LogP contribution in [0.15, 0.2) is 18.5 Å². The van der Waals surface area contributed by atoms with Crippen molar-refractivity contribution in [1.82, 2.24) is 15.1 Å². The second-order valence-corrected chi connectivity index (χ2v) is 4.81. The van der Waals surface area contributed by atoms with Gasteiger partial charge in [-0.3, -0.25) is 4.68 Å². The zero-order chi connectivity index (χ0) is 11.2. The van der Waals surface area contributed by atoms with Gasteiger partial charge in [0, 0.05) is 25.0 Å². The van der Waals surface area contributed by atoms with E-state index in [-0.39, 0.29) is 0 Å². The zero-order valence-electron chi connectivity index (χ0n) is 10.2. The largest absolute Gasteiger partial charge is 0.314 e. The highest BCUT2D eigenvalue weighted by atomic mass is 15.3. The monoisotopic (exact) mass is 221 g/mol. The van der Waals surface area contributed by atoms with Gasteiger partial charge in [0.05, 0.1) is 0 Å². The average Bonchev–Trinajstić information content (AvgIpc) is 2.94. The summed E-state index contributed by atoms with van der Waals surface area (Å²) in [7, 11) is 0. The summed E-state index contributed by atoms with van der Waals surface area (Å²) >= 11 is 0. The number of aryl methyl sites for hydroxylation is 1. The Morgan fingerprint density at radius 1 is 1.44 bits per heavy atom. The fraction of sp³-hybridized carbons (Fsp3) is 0.769. The van der Waals surface area contributed by atoms with Crippen LogP contribution in [0.25, 0.3) is 0 Å². The van der Waals surface area contributed by atoms with E-state index in [1.807, 2.05) is 12.3 Å². The van der Waals surface area contributed by atoms with Gasteiger partial charge in [0.2, 0.25) is 0 Å². The van der Waals surface area contributed by atoms with Crippen LogP contribution in [0, 0.1) is 5.92 Å². The Balaban J connectivity index is 1.75. The fourth-order valence-corrected chi connectivity index (χ4v) is 2.71. The van der Waals surface area contributed by atoms with Crippen molar-refractivity contribution >= 4 is 0 Å². The lowest BCUT2D eigenvalue weighted by Gasteiger charge is -2.20. The van der Waals surface area contributed by atoms with Gasteiger partial charge in [-0.25, -0.2) is 0 Å². The SMILES string of the molecule is CCCNC1CCCC1CCn1cccn1. The van der Waals surface area contributed by atoms with E-state index in [0.29, 0.717) is 0 Å². The van der Waals surface area contributed by atoms with E-state index in [9.17, 15) is 0 Å². The molecule has 16 heavy (non-hydrogen) atoms. The molecule has 0 saturated heterocycles. The van der Waals surface area contributed by atoms with Crippen molar-refractivity contribution in [1.29, 1.82) is 0 Å². The maximum Gasteiger partial charge on any atom is 0.0489 e. The number of rotatable bonds is 6. The Labute approximate surface area is 98.2 Å². The maximum atomic E-state index is 4.26. The van der Waals surface area contributed by atoms with E-state index in [4.69, 9.17) is 0 Å². The normalized spacial score (nSPS) is 25.1. The van der Waals surface area contributed by atoms with Crippen molar-refractivity contribution in [3.05, 3.63) is 18.5 Å². The van der Waals surface area contributed by atoms with Crippen molar-refractivity contribution in [2.24, 2.45) is 5.92 Å². The Bertz CT molecular complexity index is 281. The van der Waals surface area contributed by atoms with Crippen LogP contribution in [0.3, 0.4) is 0 Å². The molecule has 3 heteroatoms. The van der Waals surface area contributed by atoms with Crippen LogP contribution in [0.2, 0.25) is 0 Å². The number of nitrogens with one attached hydrogen (secondary N) is 1. The van der Waals surface area contributed by atoms with Crippen LogP contribution in [0.5, 0.6) is 0 Å². The average molecular weight is 221 g/mol. The van der Waals surface area contributed by atoms with Crippen molar-refractivity contribution in [3.63, 3.8) is 0 Å². The van der Waals surface area contributed by atoms with Crippen LogP contribution in [-0.2, 0) is 6.54 Å². The van der Waals surface area contributed by atoms with Gasteiger partial charge in [0.15, 0.2) is 0 Å². The summed E-state index contributed by atoms with van der Waals surface area (Å²) in [6.07, 6.45) is 10.6. The Morgan fingerprint density at radius 3 is 3.12 bits per heavy atom. The minimum absolute atomic E-state index is 0.760. The van der Waals surface area contributed by atoms with E-state index in [0.717, 1.165) is 18.5 Å². The minimum Gasteiger partial charge on any atom is -0.314 e. The molecule has 1 aromatic rings. The molecule has 1 fully saturated rings. The molecule has 2 rings (SSSR count). The van der Waals surface area contributed by atoms with E-state index < -0.39 is 0 Å². The van der Waals surface area contributed by atoms with Gasteiger partial charge in [-0.15, -0.1) is 0 Å². The predicted molar refractivity (Wildman–Crippen MR) is 66.3 cm³/mol. The first-order chi connectivity index (χ1) is 7.90. The highest BCUT2D eigenvalue weighted by Crippen LogP contribution is 2.28. The van der Waals surface area contributed by atoms with Gasteiger partial charge in [0.1, 0.15) is 0 Å². The first-order valence-electron chi connectivity index (χ1n) is 6.61. The summed E-state index contributed by atoms with van der Waals surface area (Å²) < 4.78 is 2.05. The molecule has 0 amide bonds. The number of hydrogen-bond donors (Lipinski definition) is 1. The molecule has 2 unspecified atom stereocenters. The quantitative estimate of drug-likeness (QED) is 0.799. The molecule has 0 aromatic carbocycles. The van der Waals surface area contributed by atoms with Crippen LogP contribution < -0.4 is 5.32 Å². The second kappa shape index (κ2) is 6.04. The molecule has 1 aliphatic rings. The van der Waals surface area contributed by atoms with E-state index >= 15 is 0 Å². The molecule has 0 aliphatic heterocycles. The molecular weight excluding hydrogens is 198 g/mol. The molecule has 1 heterocycles. The summed E-state index contributed by atoms with van der Waals surface area (Å²) in [5.41, 5.74) is 0. The Morgan fingerprint density at radius 2 is 2.38 bits per heavy atom. The second-order valence-electron chi connectivity index (χ2n) is 4.81. The van der Waals surface area contributed by atoms with Gasteiger partial charge < -0.3 is 5.32 Å². The van der Waals surface area contributed by atoms with Gasteiger partial charge in [-0.05, 0) is 44.2 Å². The lowest BCUT2D eigenvalue weighted by atomic mass is 9.99. The van der Waals surface area contributed by atoms with E-state index in [1.165, 1.54) is 38.6 Å². The summed E-state index contributed by atoms with van der Waals surface area (Å²) in [6, 6.07) is 2.76. The summed E-state index contributed by atoms with van der Waals surface area (Å²) in [5.74, 6) is 0.857. The molecule has 0 radical (unpaired) electrons. The Hall–Kier alpha value is -0.830. The number of nitrogens with zero attached hydrogens (tertiary/aromatic N) is 2. The minimum atomic E-state index is 0.760. The molecule has 0 bridgehead atoms. The smallest absolute Gasteiger partial charge is 0.0489 e.